The first-order chi connectivity index (χ1) is 10.6. The van der Waals surface area contributed by atoms with Crippen LogP contribution in [0, 0.1) is 0 Å². The number of ether oxygens (including phenoxy) is 3. The molecule has 1 rings (SSSR count). The van der Waals surface area contributed by atoms with Gasteiger partial charge in [0, 0.05) is 23.8 Å². The molecule has 4 nitrogen and oxygen atoms in total. The van der Waals surface area contributed by atoms with Crippen LogP contribution in [0.5, 0.6) is 5.75 Å². The van der Waals surface area contributed by atoms with E-state index in [1.54, 1.807) is 7.11 Å². The molecule has 0 unspecified atom stereocenters. The van der Waals surface area contributed by atoms with Crippen LogP contribution in [0.1, 0.15) is 63.0 Å². The minimum absolute atomic E-state index is 0.138. The first-order valence-electron chi connectivity index (χ1n) is 7.95. The van der Waals surface area contributed by atoms with E-state index < -0.39 is 0 Å². The van der Waals surface area contributed by atoms with E-state index in [-0.39, 0.29) is 17.6 Å². The van der Waals surface area contributed by atoms with Crippen molar-refractivity contribution >= 4 is 6.29 Å². The minimum atomic E-state index is -0.138. The fraction of sp³-hybridized carbons (Fsp3) is 0.632. The van der Waals surface area contributed by atoms with Gasteiger partial charge in [-0.15, -0.1) is 0 Å². The molecule has 0 radical (unpaired) electrons. The third kappa shape index (κ3) is 5.63. The highest BCUT2D eigenvalue weighted by molar-refractivity contribution is 5.77. The number of hydrogen-bond acceptors (Lipinski definition) is 4. The van der Waals surface area contributed by atoms with Crippen LogP contribution in [0.2, 0.25) is 0 Å². The molecule has 1 aromatic carbocycles. The van der Waals surface area contributed by atoms with E-state index in [0.717, 1.165) is 23.2 Å². The lowest BCUT2D eigenvalue weighted by Crippen LogP contribution is -2.21. The Hall–Kier alpha value is -1.39. The molecule has 4 heteroatoms. The lowest BCUT2D eigenvalue weighted by atomic mass is 9.78. The minimum Gasteiger partial charge on any atom is -0.467 e. The lowest BCUT2D eigenvalue weighted by molar-refractivity contribution is -0.00992. The van der Waals surface area contributed by atoms with E-state index in [9.17, 15) is 4.79 Å². The second kappa shape index (κ2) is 7.93. The highest BCUT2D eigenvalue weighted by Gasteiger charge is 2.27. The average molecular weight is 322 g/mol. The highest BCUT2D eigenvalue weighted by Crippen LogP contribution is 2.40. The van der Waals surface area contributed by atoms with Crippen LogP contribution < -0.4 is 4.74 Å². The Morgan fingerprint density at radius 2 is 1.48 bits per heavy atom. The predicted octanol–water partition coefficient (Wildman–Crippen LogP) is 4.09. The largest absolute Gasteiger partial charge is 0.467 e. The first kappa shape index (κ1) is 19.7. The molecule has 23 heavy (non-hydrogen) atoms. The molecule has 0 amide bonds. The number of carbonyl (C=O) groups is 1. The molecule has 0 saturated carbocycles. The quantitative estimate of drug-likeness (QED) is 0.431. The summed E-state index contributed by atoms with van der Waals surface area (Å²) in [6.07, 6.45) is 0.892. The highest BCUT2D eigenvalue weighted by atomic mass is 16.7. The lowest BCUT2D eigenvalue weighted by Gasteiger charge is -2.30. The second-order valence-corrected chi connectivity index (χ2v) is 7.73. The summed E-state index contributed by atoms with van der Waals surface area (Å²) in [6.45, 7) is 13.9. The number of benzene rings is 1. The van der Waals surface area contributed by atoms with Crippen molar-refractivity contribution in [3.8, 4) is 5.75 Å². The maximum Gasteiger partial charge on any atom is 0.189 e. The van der Waals surface area contributed by atoms with Crippen LogP contribution in [0.15, 0.2) is 12.1 Å². The Labute approximate surface area is 140 Å². The van der Waals surface area contributed by atoms with Crippen molar-refractivity contribution in [1.29, 1.82) is 0 Å². The van der Waals surface area contributed by atoms with Crippen molar-refractivity contribution in [2.75, 3.05) is 27.1 Å². The van der Waals surface area contributed by atoms with E-state index in [1.165, 1.54) is 0 Å². The molecule has 0 saturated heterocycles. The average Bonchev–Trinajstić information content (AvgIpc) is 2.44. The Morgan fingerprint density at radius 3 is 1.87 bits per heavy atom. The van der Waals surface area contributed by atoms with Gasteiger partial charge in [-0.05, 0) is 23.0 Å². The van der Waals surface area contributed by atoms with Crippen LogP contribution in [0.25, 0.3) is 0 Å². The van der Waals surface area contributed by atoms with Crippen LogP contribution in [-0.4, -0.2) is 33.4 Å². The van der Waals surface area contributed by atoms with Crippen LogP contribution in [-0.2, 0) is 20.3 Å². The smallest absolute Gasteiger partial charge is 0.189 e. The Balaban J connectivity index is 3.23. The summed E-state index contributed by atoms with van der Waals surface area (Å²) in [5.74, 6) is 0.813. The molecular weight excluding hydrogens is 292 g/mol. The zero-order valence-corrected chi connectivity index (χ0v) is 15.5. The standard InChI is InChI=1S/C19H30O4/c1-18(2,3)15-10-14(12-20)11-16(19(4,5)6)17(15)23-13-22-9-8-21-7/h10-12H,8-9,13H2,1-7H3. The second-order valence-electron chi connectivity index (χ2n) is 7.73. The number of rotatable bonds is 7. The van der Waals surface area contributed by atoms with E-state index in [4.69, 9.17) is 14.2 Å². The molecule has 130 valence electrons. The van der Waals surface area contributed by atoms with Crippen molar-refractivity contribution in [3.63, 3.8) is 0 Å². The molecule has 0 aromatic heterocycles. The molecule has 0 aliphatic rings. The predicted molar refractivity (Wildman–Crippen MR) is 92.6 cm³/mol. The van der Waals surface area contributed by atoms with Gasteiger partial charge in [0.2, 0.25) is 0 Å². The molecule has 0 heterocycles. The van der Waals surface area contributed by atoms with E-state index >= 15 is 0 Å². The number of hydrogen-bond donors (Lipinski definition) is 0. The molecule has 0 N–H and O–H groups in total. The SMILES string of the molecule is COCCOCOc1c(C(C)(C)C)cc(C=O)cc1C(C)(C)C. The summed E-state index contributed by atoms with van der Waals surface area (Å²) >= 11 is 0. The van der Waals surface area contributed by atoms with Gasteiger partial charge in [0.1, 0.15) is 12.0 Å². The molecule has 0 bridgehead atoms. The fourth-order valence-corrected chi connectivity index (χ4v) is 2.29. The Bertz CT molecular complexity index is 486. The van der Waals surface area contributed by atoms with Gasteiger partial charge in [-0.25, -0.2) is 0 Å². The molecule has 1 aromatic rings. The van der Waals surface area contributed by atoms with Crippen LogP contribution >= 0.6 is 0 Å². The fourth-order valence-electron chi connectivity index (χ4n) is 2.29. The van der Waals surface area contributed by atoms with Gasteiger partial charge in [0.05, 0.1) is 13.2 Å². The van der Waals surface area contributed by atoms with Crippen molar-refractivity contribution < 1.29 is 19.0 Å². The summed E-state index contributed by atoms with van der Waals surface area (Å²) in [5.41, 5.74) is 2.43. The number of carbonyl (C=O) groups excluding carboxylic acids is 1. The van der Waals surface area contributed by atoms with E-state index in [0.29, 0.717) is 18.8 Å². The van der Waals surface area contributed by atoms with Gasteiger partial charge in [-0.1, -0.05) is 41.5 Å². The molecule has 0 aliphatic carbocycles. The van der Waals surface area contributed by atoms with Crippen molar-refractivity contribution in [1.82, 2.24) is 0 Å². The molecular formula is C19H30O4. The number of methoxy groups -OCH3 is 1. The Kier molecular flexibility index (Phi) is 6.78. The molecule has 0 aliphatic heterocycles. The van der Waals surface area contributed by atoms with Gasteiger partial charge in [-0.3, -0.25) is 4.79 Å². The third-order valence-corrected chi connectivity index (χ3v) is 3.58. The van der Waals surface area contributed by atoms with Gasteiger partial charge >= 0.3 is 0 Å². The topological polar surface area (TPSA) is 44.8 Å². The van der Waals surface area contributed by atoms with Gasteiger partial charge < -0.3 is 14.2 Å². The van der Waals surface area contributed by atoms with Gasteiger partial charge in [0.25, 0.3) is 0 Å². The maximum absolute atomic E-state index is 11.3. The van der Waals surface area contributed by atoms with E-state index in [2.05, 4.69) is 41.5 Å². The number of aldehydes is 1. The van der Waals surface area contributed by atoms with Crippen molar-refractivity contribution in [2.45, 2.75) is 52.4 Å². The van der Waals surface area contributed by atoms with Crippen LogP contribution in [0.3, 0.4) is 0 Å². The summed E-state index contributed by atoms with van der Waals surface area (Å²) in [6, 6.07) is 3.82. The zero-order chi connectivity index (χ0) is 17.7. The molecule has 0 fully saturated rings. The summed E-state index contributed by atoms with van der Waals surface area (Å²) in [5, 5.41) is 0. The van der Waals surface area contributed by atoms with E-state index in [1.807, 2.05) is 12.1 Å². The summed E-state index contributed by atoms with van der Waals surface area (Å²) in [4.78, 5) is 11.3. The van der Waals surface area contributed by atoms with Crippen LogP contribution in [0.4, 0.5) is 0 Å². The maximum atomic E-state index is 11.3. The van der Waals surface area contributed by atoms with Gasteiger partial charge in [0.15, 0.2) is 6.79 Å². The van der Waals surface area contributed by atoms with Crippen molar-refractivity contribution in [2.24, 2.45) is 0 Å². The molecule has 0 spiro atoms. The monoisotopic (exact) mass is 322 g/mol. The molecule has 0 atom stereocenters. The zero-order valence-electron chi connectivity index (χ0n) is 15.5. The summed E-state index contributed by atoms with van der Waals surface area (Å²) < 4.78 is 16.4. The summed E-state index contributed by atoms with van der Waals surface area (Å²) in [7, 11) is 1.64. The first-order valence-corrected chi connectivity index (χ1v) is 7.95. The normalized spacial score (nSPS) is 12.3. The van der Waals surface area contributed by atoms with Crippen molar-refractivity contribution in [3.05, 3.63) is 28.8 Å². The third-order valence-electron chi connectivity index (χ3n) is 3.58. The van der Waals surface area contributed by atoms with Gasteiger partial charge in [-0.2, -0.15) is 0 Å². The Morgan fingerprint density at radius 1 is 0.957 bits per heavy atom.